The van der Waals surface area contributed by atoms with Crippen molar-refractivity contribution in [3.63, 3.8) is 0 Å². The topological polar surface area (TPSA) is 35.5 Å². The van der Waals surface area contributed by atoms with Crippen molar-refractivity contribution in [3.05, 3.63) is 37.0 Å². The van der Waals surface area contributed by atoms with E-state index in [4.69, 9.17) is 0 Å². The lowest BCUT2D eigenvalue weighted by molar-refractivity contribution is 0.172. The third kappa shape index (κ3) is 4.08. The molecule has 5 heteroatoms. The maximum absolute atomic E-state index is 9.95. The highest BCUT2D eigenvalue weighted by molar-refractivity contribution is 14.1. The van der Waals surface area contributed by atoms with Crippen molar-refractivity contribution in [2.75, 3.05) is 26.2 Å². The summed E-state index contributed by atoms with van der Waals surface area (Å²) >= 11 is 4.41. The Balaban J connectivity index is 2.32. The summed E-state index contributed by atoms with van der Waals surface area (Å²) in [4.78, 5) is 2.52. The molecule has 1 fully saturated rings. The Bertz CT molecular complexity index is 476. The molecule has 1 aliphatic heterocycles. The molecule has 0 bridgehead atoms. The number of hydrogen-bond donors (Lipinski definition) is 2. The van der Waals surface area contributed by atoms with E-state index in [2.05, 4.69) is 81.0 Å². The van der Waals surface area contributed by atoms with Crippen LogP contribution >= 0.6 is 45.2 Å². The zero-order valence-electron chi connectivity index (χ0n) is 11.6. The van der Waals surface area contributed by atoms with Gasteiger partial charge in [0.05, 0.1) is 7.14 Å². The van der Waals surface area contributed by atoms with E-state index in [-0.39, 0.29) is 0 Å². The molecule has 1 atom stereocenters. The van der Waals surface area contributed by atoms with Crippen LogP contribution < -0.4 is 5.32 Å². The number of hydrogen-bond acceptors (Lipinski definition) is 3. The molecule has 0 amide bonds. The van der Waals surface area contributed by atoms with Gasteiger partial charge in [-0.15, -0.1) is 6.58 Å². The lowest BCUT2D eigenvalue weighted by Crippen LogP contribution is -2.45. The third-order valence-electron chi connectivity index (χ3n) is 3.56. The van der Waals surface area contributed by atoms with Crippen molar-refractivity contribution < 1.29 is 5.11 Å². The van der Waals surface area contributed by atoms with Gasteiger partial charge in [-0.25, -0.2) is 0 Å². The molecule has 3 nitrogen and oxygen atoms in total. The molecule has 1 saturated heterocycles. The van der Waals surface area contributed by atoms with E-state index in [1.54, 1.807) is 0 Å². The second-order valence-electron chi connectivity index (χ2n) is 5.30. The lowest BCUT2D eigenvalue weighted by Gasteiger charge is -2.35. The van der Waals surface area contributed by atoms with Gasteiger partial charge in [0.1, 0.15) is 5.75 Å². The van der Waals surface area contributed by atoms with Gasteiger partial charge in [-0.05, 0) is 76.2 Å². The van der Waals surface area contributed by atoms with Crippen molar-refractivity contribution in [1.29, 1.82) is 0 Å². The van der Waals surface area contributed by atoms with E-state index < -0.39 is 0 Å². The standard InChI is InChI=1S/C15H20I2N2O/c1-10(2)7-14(19-5-3-18-4-6-19)11-8-12(16)15(20)13(17)9-11/h8-9,14,18,20H,1,3-7H2,2H3/t14-/m1/s1. The largest absolute Gasteiger partial charge is 0.506 e. The predicted octanol–water partition coefficient (Wildman–Crippen LogP) is 3.51. The molecular formula is C15H20I2N2O. The van der Waals surface area contributed by atoms with Gasteiger partial charge in [-0.1, -0.05) is 5.57 Å². The number of nitrogens with one attached hydrogen (secondary N) is 1. The minimum atomic E-state index is 0.359. The number of phenols is 1. The first kappa shape index (κ1) is 16.5. The average Bonchev–Trinajstić information content (AvgIpc) is 2.42. The summed E-state index contributed by atoms with van der Waals surface area (Å²) in [6.45, 7) is 10.4. The number of benzene rings is 1. The van der Waals surface area contributed by atoms with Crippen LogP contribution in [0.1, 0.15) is 24.9 Å². The first-order chi connectivity index (χ1) is 9.49. The van der Waals surface area contributed by atoms with Gasteiger partial charge in [0, 0.05) is 32.2 Å². The summed E-state index contributed by atoms with van der Waals surface area (Å²) in [6, 6.07) is 4.57. The minimum absolute atomic E-state index is 0.359. The van der Waals surface area contributed by atoms with Crippen LogP contribution in [-0.2, 0) is 0 Å². The molecule has 0 unspecified atom stereocenters. The third-order valence-corrected chi connectivity index (χ3v) is 5.20. The summed E-state index contributed by atoms with van der Waals surface area (Å²) in [7, 11) is 0. The second-order valence-corrected chi connectivity index (χ2v) is 7.62. The smallest absolute Gasteiger partial charge is 0.142 e. The molecule has 0 spiro atoms. The highest BCUT2D eigenvalue weighted by atomic mass is 127. The van der Waals surface area contributed by atoms with Gasteiger partial charge in [0.25, 0.3) is 0 Å². The first-order valence-corrected chi connectivity index (χ1v) is 8.92. The van der Waals surface area contributed by atoms with E-state index >= 15 is 0 Å². The summed E-state index contributed by atoms with van der Waals surface area (Å²) in [5.74, 6) is 0.393. The Hall–Kier alpha value is 0.140. The molecule has 1 aliphatic rings. The minimum Gasteiger partial charge on any atom is -0.506 e. The van der Waals surface area contributed by atoms with Crippen molar-refractivity contribution >= 4 is 45.2 Å². The van der Waals surface area contributed by atoms with Crippen LogP contribution in [0.5, 0.6) is 5.75 Å². The fourth-order valence-electron chi connectivity index (χ4n) is 2.56. The van der Waals surface area contributed by atoms with Gasteiger partial charge in [0.15, 0.2) is 0 Å². The predicted molar refractivity (Wildman–Crippen MR) is 100 cm³/mol. The van der Waals surface area contributed by atoms with Crippen LogP contribution in [0.4, 0.5) is 0 Å². The molecule has 0 radical (unpaired) electrons. The molecule has 0 saturated carbocycles. The van der Waals surface area contributed by atoms with Crippen molar-refractivity contribution in [1.82, 2.24) is 10.2 Å². The number of phenolic OH excluding ortho intramolecular Hbond substituents is 1. The van der Waals surface area contributed by atoms with Crippen LogP contribution in [0.25, 0.3) is 0 Å². The number of aromatic hydroxyl groups is 1. The maximum Gasteiger partial charge on any atom is 0.142 e. The Labute approximate surface area is 148 Å². The molecule has 1 aromatic carbocycles. The number of nitrogens with zero attached hydrogens (tertiary/aromatic N) is 1. The van der Waals surface area contributed by atoms with Crippen LogP contribution in [0.15, 0.2) is 24.3 Å². The second kappa shape index (κ2) is 7.42. The van der Waals surface area contributed by atoms with E-state index in [1.165, 1.54) is 11.1 Å². The normalized spacial score (nSPS) is 17.9. The van der Waals surface area contributed by atoms with Gasteiger partial charge >= 0.3 is 0 Å². The Morgan fingerprint density at radius 2 is 1.90 bits per heavy atom. The van der Waals surface area contributed by atoms with Crippen molar-refractivity contribution in [2.45, 2.75) is 19.4 Å². The fourth-order valence-corrected chi connectivity index (χ4v) is 4.38. The van der Waals surface area contributed by atoms with Crippen molar-refractivity contribution in [3.8, 4) is 5.75 Å². The van der Waals surface area contributed by atoms with Gasteiger partial charge in [-0.2, -0.15) is 0 Å². The lowest BCUT2D eigenvalue weighted by atomic mass is 9.98. The van der Waals surface area contributed by atoms with Gasteiger partial charge < -0.3 is 10.4 Å². The average molecular weight is 498 g/mol. The summed E-state index contributed by atoms with van der Waals surface area (Å²) in [5, 5.41) is 13.3. The summed E-state index contributed by atoms with van der Waals surface area (Å²) < 4.78 is 1.85. The summed E-state index contributed by atoms with van der Waals surface area (Å²) in [6.07, 6.45) is 0.969. The molecule has 2 N–H and O–H groups in total. The van der Waals surface area contributed by atoms with E-state index in [1.807, 2.05) is 0 Å². The highest BCUT2D eigenvalue weighted by Crippen LogP contribution is 2.34. The molecule has 2 rings (SSSR count). The zero-order valence-corrected chi connectivity index (χ0v) is 15.9. The maximum atomic E-state index is 9.95. The SMILES string of the molecule is C=C(C)C[C@H](c1cc(I)c(O)c(I)c1)N1CCNCC1. The molecule has 1 aromatic rings. The quantitative estimate of drug-likeness (QED) is 0.493. The zero-order chi connectivity index (χ0) is 14.7. The van der Waals surface area contributed by atoms with Crippen LogP contribution in [0.3, 0.4) is 0 Å². The van der Waals surface area contributed by atoms with E-state index in [0.717, 1.165) is 39.7 Å². The molecule has 1 heterocycles. The molecule has 0 aliphatic carbocycles. The van der Waals surface area contributed by atoms with Crippen LogP contribution in [0, 0.1) is 7.14 Å². The number of rotatable bonds is 4. The first-order valence-electron chi connectivity index (χ1n) is 6.76. The van der Waals surface area contributed by atoms with Crippen molar-refractivity contribution in [2.24, 2.45) is 0 Å². The summed E-state index contributed by atoms with van der Waals surface area (Å²) in [5.41, 5.74) is 2.48. The van der Waals surface area contributed by atoms with E-state index in [0.29, 0.717) is 11.8 Å². The van der Waals surface area contributed by atoms with E-state index in [9.17, 15) is 5.11 Å². The number of halogens is 2. The molecular weight excluding hydrogens is 478 g/mol. The highest BCUT2D eigenvalue weighted by Gasteiger charge is 2.23. The molecule has 20 heavy (non-hydrogen) atoms. The molecule has 0 aromatic heterocycles. The van der Waals surface area contributed by atoms with Crippen LogP contribution in [-0.4, -0.2) is 36.2 Å². The van der Waals surface area contributed by atoms with Gasteiger partial charge in [-0.3, -0.25) is 4.90 Å². The molecule has 110 valence electrons. The van der Waals surface area contributed by atoms with Crippen LogP contribution in [0.2, 0.25) is 0 Å². The Morgan fingerprint density at radius 1 is 1.35 bits per heavy atom. The number of piperazine rings is 1. The monoisotopic (exact) mass is 498 g/mol. The van der Waals surface area contributed by atoms with Gasteiger partial charge in [0.2, 0.25) is 0 Å². The Morgan fingerprint density at radius 3 is 2.40 bits per heavy atom. The Kier molecular flexibility index (Phi) is 6.12. The fraction of sp³-hybridized carbons (Fsp3) is 0.467.